The van der Waals surface area contributed by atoms with E-state index in [0.717, 1.165) is 18.8 Å². The molecule has 0 aliphatic rings. The van der Waals surface area contributed by atoms with Crippen LogP contribution in [0.5, 0.6) is 0 Å². The topological polar surface area (TPSA) is 70.2 Å². The molecule has 0 aliphatic heterocycles. The van der Waals surface area contributed by atoms with Crippen molar-refractivity contribution in [3.05, 3.63) is 47.7 Å². The molecular formula is C18H25N5O. The molecule has 1 amide bonds. The lowest BCUT2D eigenvalue weighted by Crippen LogP contribution is -2.21. The van der Waals surface area contributed by atoms with E-state index >= 15 is 0 Å². The van der Waals surface area contributed by atoms with Crippen molar-refractivity contribution in [1.29, 1.82) is 0 Å². The fraction of sp³-hybridized carbons (Fsp3) is 0.389. The van der Waals surface area contributed by atoms with Crippen LogP contribution in [0.15, 0.2) is 36.4 Å². The Morgan fingerprint density at radius 1 is 1.08 bits per heavy atom. The maximum atomic E-state index is 12.2. The number of likely N-dealkylation sites (N-methyl/N-ethyl adjacent to an activating group) is 1. The second-order valence-corrected chi connectivity index (χ2v) is 6.26. The van der Waals surface area contributed by atoms with Gasteiger partial charge in [-0.05, 0) is 49.8 Å². The van der Waals surface area contributed by atoms with Crippen molar-refractivity contribution < 1.29 is 4.79 Å². The smallest absolute Gasteiger partial charge is 0.276 e. The molecule has 24 heavy (non-hydrogen) atoms. The molecule has 2 aromatic rings. The fourth-order valence-corrected chi connectivity index (χ4v) is 2.10. The highest BCUT2D eigenvalue weighted by molar-refractivity contribution is 6.02. The molecule has 0 saturated heterocycles. The van der Waals surface area contributed by atoms with Crippen molar-refractivity contribution in [1.82, 2.24) is 15.1 Å². The van der Waals surface area contributed by atoms with Gasteiger partial charge in [0.2, 0.25) is 0 Å². The minimum Gasteiger partial charge on any atom is -0.367 e. The lowest BCUT2D eigenvalue weighted by atomic mass is 10.0. The van der Waals surface area contributed by atoms with E-state index in [4.69, 9.17) is 0 Å². The van der Waals surface area contributed by atoms with Crippen LogP contribution in [0.3, 0.4) is 0 Å². The van der Waals surface area contributed by atoms with Gasteiger partial charge in [0.15, 0.2) is 5.69 Å². The molecule has 6 nitrogen and oxygen atoms in total. The number of hydrogen-bond donors (Lipinski definition) is 2. The van der Waals surface area contributed by atoms with Crippen LogP contribution in [0.1, 0.15) is 35.8 Å². The van der Waals surface area contributed by atoms with E-state index in [-0.39, 0.29) is 5.91 Å². The Hall–Kier alpha value is -2.47. The average molecular weight is 327 g/mol. The quantitative estimate of drug-likeness (QED) is 0.818. The molecule has 1 aromatic carbocycles. The van der Waals surface area contributed by atoms with E-state index < -0.39 is 0 Å². The summed E-state index contributed by atoms with van der Waals surface area (Å²) in [5.41, 5.74) is 2.28. The summed E-state index contributed by atoms with van der Waals surface area (Å²) in [6.07, 6.45) is 0. The highest BCUT2D eigenvalue weighted by Crippen LogP contribution is 2.17. The lowest BCUT2D eigenvalue weighted by Gasteiger charge is -2.10. The van der Waals surface area contributed by atoms with Gasteiger partial charge in [-0.3, -0.25) is 4.79 Å². The maximum absolute atomic E-state index is 12.2. The third-order valence-electron chi connectivity index (χ3n) is 3.60. The largest absolute Gasteiger partial charge is 0.367 e. The number of carbonyl (C=O) groups excluding carboxylic acids is 1. The monoisotopic (exact) mass is 327 g/mol. The van der Waals surface area contributed by atoms with Crippen molar-refractivity contribution in [2.45, 2.75) is 19.8 Å². The molecule has 0 unspecified atom stereocenters. The van der Waals surface area contributed by atoms with Crippen molar-refractivity contribution in [3.63, 3.8) is 0 Å². The van der Waals surface area contributed by atoms with Gasteiger partial charge in [-0.1, -0.05) is 26.0 Å². The first kappa shape index (κ1) is 17.9. The number of benzene rings is 1. The van der Waals surface area contributed by atoms with Gasteiger partial charge < -0.3 is 15.5 Å². The number of rotatable bonds is 7. The van der Waals surface area contributed by atoms with Gasteiger partial charge in [-0.2, -0.15) is 0 Å². The standard InChI is InChI=1S/C18H25N5O/c1-13(2)14-5-7-15(8-6-14)20-18(24)16-9-10-17(22-21-16)19-11-12-23(3)4/h5-10,13H,11-12H2,1-4H3,(H,19,22)(H,20,24). The zero-order valence-electron chi connectivity index (χ0n) is 14.7. The van der Waals surface area contributed by atoms with Crippen LogP contribution in [0.4, 0.5) is 11.5 Å². The molecule has 0 aliphatic carbocycles. The van der Waals surface area contributed by atoms with Gasteiger partial charge >= 0.3 is 0 Å². The number of hydrogen-bond acceptors (Lipinski definition) is 5. The first-order valence-electron chi connectivity index (χ1n) is 8.09. The molecule has 0 atom stereocenters. The van der Waals surface area contributed by atoms with E-state index in [9.17, 15) is 4.79 Å². The van der Waals surface area contributed by atoms with E-state index in [1.54, 1.807) is 12.1 Å². The Labute approximate surface area is 143 Å². The van der Waals surface area contributed by atoms with E-state index in [2.05, 4.69) is 39.6 Å². The van der Waals surface area contributed by atoms with Crippen LogP contribution < -0.4 is 10.6 Å². The van der Waals surface area contributed by atoms with Crippen LogP contribution in [0, 0.1) is 0 Å². The minimum atomic E-state index is -0.264. The third-order valence-corrected chi connectivity index (χ3v) is 3.60. The summed E-state index contributed by atoms with van der Waals surface area (Å²) >= 11 is 0. The summed E-state index contributed by atoms with van der Waals surface area (Å²) in [5, 5.41) is 14.0. The third kappa shape index (κ3) is 5.31. The molecule has 6 heteroatoms. The van der Waals surface area contributed by atoms with Crippen LogP contribution >= 0.6 is 0 Å². The Kier molecular flexibility index (Phi) is 6.26. The average Bonchev–Trinajstić information content (AvgIpc) is 2.55. The Morgan fingerprint density at radius 3 is 2.33 bits per heavy atom. The minimum absolute atomic E-state index is 0.264. The zero-order chi connectivity index (χ0) is 17.5. The summed E-state index contributed by atoms with van der Waals surface area (Å²) in [6, 6.07) is 11.3. The summed E-state index contributed by atoms with van der Waals surface area (Å²) in [7, 11) is 4.02. The van der Waals surface area contributed by atoms with Gasteiger partial charge in [-0.25, -0.2) is 0 Å². The van der Waals surface area contributed by atoms with Crippen LogP contribution in [0.25, 0.3) is 0 Å². The molecule has 2 N–H and O–H groups in total. The first-order valence-corrected chi connectivity index (χ1v) is 8.09. The molecule has 0 radical (unpaired) electrons. The summed E-state index contributed by atoms with van der Waals surface area (Å²) < 4.78 is 0. The van der Waals surface area contributed by atoms with Gasteiger partial charge in [0.1, 0.15) is 5.82 Å². The molecule has 0 bridgehead atoms. The van der Waals surface area contributed by atoms with E-state index in [1.807, 2.05) is 38.4 Å². The molecule has 0 saturated carbocycles. The normalized spacial score (nSPS) is 10.9. The molecule has 1 aromatic heterocycles. The molecule has 0 fully saturated rings. The molecule has 2 rings (SSSR count). The molecule has 0 spiro atoms. The molecule has 128 valence electrons. The number of nitrogens with one attached hydrogen (secondary N) is 2. The predicted octanol–water partition coefficient (Wildman–Crippen LogP) is 2.83. The zero-order valence-corrected chi connectivity index (χ0v) is 14.7. The van der Waals surface area contributed by atoms with Crippen LogP contribution in [0.2, 0.25) is 0 Å². The SMILES string of the molecule is CC(C)c1ccc(NC(=O)c2ccc(NCCN(C)C)nn2)cc1. The highest BCUT2D eigenvalue weighted by atomic mass is 16.1. The van der Waals surface area contributed by atoms with Crippen LogP contribution in [-0.4, -0.2) is 48.2 Å². The van der Waals surface area contributed by atoms with Gasteiger partial charge in [-0.15, -0.1) is 10.2 Å². The Morgan fingerprint density at radius 2 is 1.79 bits per heavy atom. The summed E-state index contributed by atoms with van der Waals surface area (Å²) in [4.78, 5) is 14.3. The fourth-order valence-electron chi connectivity index (χ4n) is 2.10. The van der Waals surface area contributed by atoms with Gasteiger partial charge in [0.05, 0.1) is 0 Å². The Bertz CT molecular complexity index is 650. The molecule has 1 heterocycles. The van der Waals surface area contributed by atoms with Crippen molar-refractivity contribution in [3.8, 4) is 0 Å². The highest BCUT2D eigenvalue weighted by Gasteiger charge is 2.09. The summed E-state index contributed by atoms with van der Waals surface area (Å²) in [5.74, 6) is 0.863. The summed E-state index contributed by atoms with van der Waals surface area (Å²) in [6.45, 7) is 5.94. The maximum Gasteiger partial charge on any atom is 0.276 e. The van der Waals surface area contributed by atoms with Crippen molar-refractivity contribution in [2.24, 2.45) is 0 Å². The second-order valence-electron chi connectivity index (χ2n) is 6.26. The van der Waals surface area contributed by atoms with E-state index in [1.165, 1.54) is 5.56 Å². The first-order chi connectivity index (χ1) is 11.5. The second kappa shape index (κ2) is 8.40. The number of carbonyl (C=O) groups is 1. The van der Waals surface area contributed by atoms with Gasteiger partial charge in [0, 0.05) is 18.8 Å². The van der Waals surface area contributed by atoms with E-state index in [0.29, 0.717) is 17.4 Å². The number of amides is 1. The van der Waals surface area contributed by atoms with Crippen molar-refractivity contribution >= 4 is 17.4 Å². The number of aromatic nitrogens is 2. The predicted molar refractivity (Wildman–Crippen MR) is 97.6 cm³/mol. The van der Waals surface area contributed by atoms with Crippen molar-refractivity contribution in [2.75, 3.05) is 37.8 Å². The lowest BCUT2D eigenvalue weighted by molar-refractivity contribution is 0.102. The van der Waals surface area contributed by atoms with Crippen LogP contribution in [-0.2, 0) is 0 Å². The Balaban J connectivity index is 1.92. The van der Waals surface area contributed by atoms with Gasteiger partial charge in [0.25, 0.3) is 5.91 Å². The number of nitrogens with zero attached hydrogens (tertiary/aromatic N) is 3. The number of anilines is 2. The molecular weight excluding hydrogens is 302 g/mol.